The van der Waals surface area contributed by atoms with E-state index < -0.39 is 0 Å². The first kappa shape index (κ1) is 22.4. The predicted octanol–water partition coefficient (Wildman–Crippen LogP) is 3.97. The van der Waals surface area contributed by atoms with Gasteiger partial charge in [0.05, 0.1) is 23.0 Å². The zero-order valence-corrected chi connectivity index (χ0v) is 19.8. The fourth-order valence-corrected chi connectivity index (χ4v) is 4.84. The molecule has 2 fully saturated rings. The lowest BCUT2D eigenvalue weighted by atomic mass is 10.0. The molecule has 1 saturated heterocycles. The molecular weight excluding hydrogens is 428 g/mol. The van der Waals surface area contributed by atoms with Crippen molar-refractivity contribution < 1.29 is 9.59 Å². The molecule has 1 aliphatic heterocycles. The molecule has 1 saturated carbocycles. The van der Waals surface area contributed by atoms with Gasteiger partial charge in [0, 0.05) is 54.4 Å². The Kier molecular flexibility index (Phi) is 6.22. The van der Waals surface area contributed by atoms with Crippen molar-refractivity contribution in [2.45, 2.75) is 58.0 Å². The monoisotopic (exact) mass is 460 g/mol. The Labute approximate surface area is 199 Å². The molecule has 2 amide bonds. The fraction of sp³-hybridized carbons (Fsp3) is 0.462. The molecule has 2 aliphatic rings. The molecule has 3 heterocycles. The van der Waals surface area contributed by atoms with E-state index in [1.165, 1.54) is 0 Å². The number of hydrogen-bond acceptors (Lipinski definition) is 5. The second-order valence-corrected chi connectivity index (χ2v) is 9.71. The van der Waals surface area contributed by atoms with Gasteiger partial charge in [-0.2, -0.15) is 5.10 Å². The summed E-state index contributed by atoms with van der Waals surface area (Å²) in [6, 6.07) is 6.41. The van der Waals surface area contributed by atoms with Crippen LogP contribution in [0.15, 0.2) is 36.8 Å². The van der Waals surface area contributed by atoms with E-state index in [0.717, 1.165) is 66.4 Å². The minimum atomic E-state index is -0.149. The zero-order valence-electron chi connectivity index (χ0n) is 19.8. The maximum Gasteiger partial charge on any atom is 0.254 e. The number of pyridine rings is 1. The van der Waals surface area contributed by atoms with Crippen molar-refractivity contribution in [1.82, 2.24) is 25.4 Å². The lowest BCUT2D eigenvalue weighted by molar-refractivity contribution is -0.133. The van der Waals surface area contributed by atoms with Crippen LogP contribution in [0.4, 0.5) is 5.69 Å². The largest absolute Gasteiger partial charge is 0.382 e. The SMILES string of the molecule is CC(C)Nc1c(C(=O)NCCC2CCCN2C(=O)C2CC2)cnc2ccc(-c3cn[nH]c3)cc12. The number of aromatic nitrogens is 3. The molecule has 178 valence electrons. The third-order valence-corrected chi connectivity index (χ3v) is 6.73. The molecule has 34 heavy (non-hydrogen) atoms. The van der Waals surface area contributed by atoms with E-state index in [2.05, 4.69) is 45.7 Å². The van der Waals surface area contributed by atoms with E-state index >= 15 is 0 Å². The molecule has 0 spiro atoms. The van der Waals surface area contributed by atoms with Crippen molar-refractivity contribution in [1.29, 1.82) is 0 Å². The summed E-state index contributed by atoms with van der Waals surface area (Å²) < 4.78 is 0. The minimum Gasteiger partial charge on any atom is -0.382 e. The van der Waals surface area contributed by atoms with Crippen LogP contribution >= 0.6 is 0 Å². The Morgan fingerprint density at radius 1 is 1.18 bits per heavy atom. The average Bonchev–Trinajstić information content (AvgIpc) is 3.32. The number of carbonyl (C=O) groups excluding carboxylic acids is 2. The summed E-state index contributed by atoms with van der Waals surface area (Å²) in [4.78, 5) is 32.4. The van der Waals surface area contributed by atoms with Gasteiger partial charge in [-0.3, -0.25) is 19.7 Å². The van der Waals surface area contributed by atoms with E-state index in [1.54, 1.807) is 12.4 Å². The highest BCUT2D eigenvalue weighted by Crippen LogP contribution is 2.34. The molecule has 0 bridgehead atoms. The van der Waals surface area contributed by atoms with Gasteiger partial charge >= 0.3 is 0 Å². The van der Waals surface area contributed by atoms with Crippen molar-refractivity contribution in [3.8, 4) is 11.1 Å². The molecule has 0 radical (unpaired) electrons. The second-order valence-electron chi connectivity index (χ2n) is 9.71. The number of rotatable bonds is 8. The first-order valence-electron chi connectivity index (χ1n) is 12.3. The van der Waals surface area contributed by atoms with E-state index in [4.69, 9.17) is 0 Å². The topological polar surface area (TPSA) is 103 Å². The maximum atomic E-state index is 13.2. The summed E-state index contributed by atoms with van der Waals surface area (Å²) in [5.41, 5.74) is 4.13. The Hall–Kier alpha value is -3.42. The standard InChI is InChI=1S/C26H32N6O2/c1-16(2)31-24-21-12-18(19-13-29-30-14-19)7-8-23(21)28-15-22(24)25(33)27-10-9-20-4-3-11-32(20)26(34)17-5-6-17/h7-8,12-17,20H,3-6,9-11H2,1-2H3,(H,27,33)(H,28,31)(H,29,30). The molecule has 1 unspecified atom stereocenters. The molecule has 8 heteroatoms. The molecule has 1 aliphatic carbocycles. The van der Waals surface area contributed by atoms with Crippen molar-refractivity contribution in [3.05, 3.63) is 42.4 Å². The van der Waals surface area contributed by atoms with Crippen LogP contribution in [-0.2, 0) is 4.79 Å². The van der Waals surface area contributed by atoms with Gasteiger partial charge in [-0.25, -0.2) is 0 Å². The number of H-pyrrole nitrogens is 1. The number of amides is 2. The number of fused-ring (bicyclic) bond motifs is 1. The minimum absolute atomic E-state index is 0.148. The van der Waals surface area contributed by atoms with Gasteiger partial charge in [0.25, 0.3) is 5.91 Å². The van der Waals surface area contributed by atoms with Gasteiger partial charge in [-0.1, -0.05) is 6.07 Å². The van der Waals surface area contributed by atoms with Crippen molar-refractivity contribution in [2.75, 3.05) is 18.4 Å². The van der Waals surface area contributed by atoms with Gasteiger partial charge in [-0.05, 0) is 63.6 Å². The number of benzene rings is 1. The predicted molar refractivity (Wildman–Crippen MR) is 132 cm³/mol. The smallest absolute Gasteiger partial charge is 0.254 e. The lowest BCUT2D eigenvalue weighted by Gasteiger charge is -2.25. The van der Waals surface area contributed by atoms with Crippen LogP contribution in [0.3, 0.4) is 0 Å². The Morgan fingerprint density at radius 3 is 2.76 bits per heavy atom. The molecule has 2 aromatic heterocycles. The summed E-state index contributed by atoms with van der Waals surface area (Å²) in [5.74, 6) is 0.407. The molecule has 3 aromatic rings. The summed E-state index contributed by atoms with van der Waals surface area (Å²) >= 11 is 0. The summed E-state index contributed by atoms with van der Waals surface area (Å²) in [7, 11) is 0. The van der Waals surface area contributed by atoms with Crippen LogP contribution in [0.1, 0.15) is 56.3 Å². The highest BCUT2D eigenvalue weighted by Gasteiger charge is 2.38. The van der Waals surface area contributed by atoms with Crippen LogP contribution < -0.4 is 10.6 Å². The maximum absolute atomic E-state index is 13.2. The van der Waals surface area contributed by atoms with Gasteiger partial charge in [-0.15, -0.1) is 0 Å². The van der Waals surface area contributed by atoms with E-state index in [0.29, 0.717) is 18.0 Å². The zero-order chi connectivity index (χ0) is 23.7. The van der Waals surface area contributed by atoms with Gasteiger partial charge in [0.2, 0.25) is 5.91 Å². The third kappa shape index (κ3) is 4.62. The third-order valence-electron chi connectivity index (χ3n) is 6.73. The second kappa shape index (κ2) is 9.44. The summed E-state index contributed by atoms with van der Waals surface area (Å²) in [6.45, 7) is 5.50. The van der Waals surface area contributed by atoms with Crippen LogP contribution in [0.25, 0.3) is 22.0 Å². The molecular formula is C26H32N6O2. The molecule has 3 N–H and O–H groups in total. The van der Waals surface area contributed by atoms with Crippen LogP contribution in [0, 0.1) is 5.92 Å². The Morgan fingerprint density at radius 2 is 2.03 bits per heavy atom. The number of anilines is 1. The van der Waals surface area contributed by atoms with Gasteiger partial charge in [0.1, 0.15) is 0 Å². The first-order chi connectivity index (χ1) is 16.5. The summed E-state index contributed by atoms with van der Waals surface area (Å²) in [5, 5.41) is 14.3. The Bertz CT molecular complexity index is 1190. The quantitative estimate of drug-likeness (QED) is 0.472. The summed E-state index contributed by atoms with van der Waals surface area (Å²) in [6.07, 6.45) is 10.2. The van der Waals surface area contributed by atoms with Crippen molar-refractivity contribution >= 4 is 28.4 Å². The molecule has 5 rings (SSSR count). The number of likely N-dealkylation sites (tertiary alicyclic amines) is 1. The number of aromatic amines is 1. The van der Waals surface area contributed by atoms with Crippen molar-refractivity contribution in [2.24, 2.45) is 5.92 Å². The number of nitrogens with one attached hydrogen (secondary N) is 3. The highest BCUT2D eigenvalue weighted by molar-refractivity contribution is 6.07. The van der Waals surface area contributed by atoms with Gasteiger partial charge < -0.3 is 15.5 Å². The normalized spacial score (nSPS) is 18.0. The highest BCUT2D eigenvalue weighted by atomic mass is 16.2. The number of hydrogen-bond donors (Lipinski definition) is 3. The van der Waals surface area contributed by atoms with E-state index in [9.17, 15) is 9.59 Å². The first-order valence-corrected chi connectivity index (χ1v) is 12.3. The molecule has 1 atom stereocenters. The number of nitrogens with zero attached hydrogens (tertiary/aromatic N) is 3. The van der Waals surface area contributed by atoms with Crippen LogP contribution in [-0.4, -0.2) is 57.1 Å². The molecule has 1 aromatic carbocycles. The fourth-order valence-electron chi connectivity index (χ4n) is 4.84. The van der Waals surface area contributed by atoms with Crippen LogP contribution in [0.2, 0.25) is 0 Å². The van der Waals surface area contributed by atoms with E-state index in [-0.39, 0.29) is 23.9 Å². The van der Waals surface area contributed by atoms with E-state index in [1.807, 2.05) is 23.2 Å². The Balaban J connectivity index is 1.34. The van der Waals surface area contributed by atoms with Crippen molar-refractivity contribution in [3.63, 3.8) is 0 Å². The van der Waals surface area contributed by atoms with Crippen LogP contribution in [0.5, 0.6) is 0 Å². The average molecular weight is 461 g/mol. The molecule has 8 nitrogen and oxygen atoms in total. The number of carbonyl (C=O) groups is 2. The van der Waals surface area contributed by atoms with Gasteiger partial charge in [0.15, 0.2) is 0 Å². The lowest BCUT2D eigenvalue weighted by Crippen LogP contribution is -2.39.